The zero-order valence-corrected chi connectivity index (χ0v) is 15.7. The van der Waals surface area contributed by atoms with Crippen LogP contribution >= 0.6 is 23.2 Å². The summed E-state index contributed by atoms with van der Waals surface area (Å²) in [5.41, 5.74) is -0.371. The lowest BCUT2D eigenvalue weighted by molar-refractivity contribution is -0.137. The maximum Gasteiger partial charge on any atom is 0.417 e. The van der Waals surface area contributed by atoms with E-state index in [1.807, 2.05) is 4.90 Å². The van der Waals surface area contributed by atoms with Crippen LogP contribution in [0.2, 0.25) is 10.0 Å². The zero-order valence-electron chi connectivity index (χ0n) is 14.1. The zero-order chi connectivity index (χ0) is 19.6. The minimum absolute atomic E-state index is 0.179. The van der Waals surface area contributed by atoms with Crippen molar-refractivity contribution in [2.45, 2.75) is 12.6 Å². The van der Waals surface area contributed by atoms with Gasteiger partial charge in [0.1, 0.15) is 5.82 Å². The van der Waals surface area contributed by atoms with Crippen LogP contribution in [-0.4, -0.2) is 42.0 Å². The van der Waals surface area contributed by atoms with Gasteiger partial charge in [-0.05, 0) is 36.8 Å². The third kappa shape index (κ3) is 4.84. The van der Waals surface area contributed by atoms with Gasteiger partial charge in [0.25, 0.3) is 5.91 Å². The maximum absolute atomic E-state index is 12.7. The van der Waals surface area contributed by atoms with E-state index >= 15 is 0 Å². The van der Waals surface area contributed by atoms with Crippen LogP contribution in [0.3, 0.4) is 0 Å². The predicted octanol–water partition coefficient (Wildman–Crippen LogP) is 4.76. The van der Waals surface area contributed by atoms with Crippen molar-refractivity contribution in [2.24, 2.45) is 0 Å². The Morgan fingerprint density at radius 1 is 1.00 bits per heavy atom. The largest absolute Gasteiger partial charge is 0.417 e. The SMILES string of the molecule is O=C(c1cc(Cl)cc(Cl)c1)N1CCCN(c2ccc(C(F)(F)F)cn2)CC1. The van der Waals surface area contributed by atoms with Crippen molar-refractivity contribution in [1.29, 1.82) is 0 Å². The van der Waals surface area contributed by atoms with Gasteiger partial charge >= 0.3 is 6.18 Å². The van der Waals surface area contributed by atoms with Crippen LogP contribution in [0, 0.1) is 0 Å². The van der Waals surface area contributed by atoms with Gasteiger partial charge in [-0.3, -0.25) is 4.79 Å². The van der Waals surface area contributed by atoms with E-state index in [0.717, 1.165) is 12.3 Å². The number of benzene rings is 1. The van der Waals surface area contributed by atoms with Crippen LogP contribution in [0.4, 0.5) is 19.0 Å². The van der Waals surface area contributed by atoms with E-state index in [-0.39, 0.29) is 5.91 Å². The molecule has 4 nitrogen and oxygen atoms in total. The number of pyridine rings is 1. The Labute approximate surface area is 164 Å². The first kappa shape index (κ1) is 19.8. The van der Waals surface area contributed by atoms with Crippen LogP contribution < -0.4 is 4.90 Å². The number of halogens is 5. The second-order valence-electron chi connectivity index (χ2n) is 6.19. The molecule has 0 atom stereocenters. The molecule has 1 saturated heterocycles. The van der Waals surface area contributed by atoms with Gasteiger partial charge in [-0.2, -0.15) is 13.2 Å². The first-order valence-electron chi connectivity index (χ1n) is 8.27. The highest BCUT2D eigenvalue weighted by molar-refractivity contribution is 6.35. The molecule has 0 spiro atoms. The van der Waals surface area contributed by atoms with Crippen molar-refractivity contribution in [1.82, 2.24) is 9.88 Å². The molecule has 9 heteroatoms. The third-order valence-corrected chi connectivity index (χ3v) is 4.73. The summed E-state index contributed by atoms with van der Waals surface area (Å²) in [7, 11) is 0. The lowest BCUT2D eigenvalue weighted by Crippen LogP contribution is -2.35. The van der Waals surface area contributed by atoms with Gasteiger partial charge in [-0.1, -0.05) is 23.2 Å². The van der Waals surface area contributed by atoms with Crippen molar-refractivity contribution >= 4 is 34.9 Å². The molecule has 2 aromatic rings. The first-order chi connectivity index (χ1) is 12.7. The van der Waals surface area contributed by atoms with E-state index in [1.54, 1.807) is 23.1 Å². The molecule has 1 aromatic carbocycles. The topological polar surface area (TPSA) is 36.4 Å². The van der Waals surface area contributed by atoms with Crippen LogP contribution in [0.15, 0.2) is 36.5 Å². The van der Waals surface area contributed by atoms with Gasteiger partial charge in [0, 0.05) is 48.0 Å². The number of amides is 1. The molecule has 0 unspecified atom stereocenters. The van der Waals surface area contributed by atoms with E-state index in [9.17, 15) is 18.0 Å². The van der Waals surface area contributed by atoms with E-state index in [2.05, 4.69) is 4.98 Å². The molecule has 144 valence electrons. The number of rotatable bonds is 2. The summed E-state index contributed by atoms with van der Waals surface area (Å²) < 4.78 is 38.0. The summed E-state index contributed by atoms with van der Waals surface area (Å²) in [5.74, 6) is 0.282. The maximum atomic E-state index is 12.7. The summed E-state index contributed by atoms with van der Waals surface area (Å²) in [6.45, 7) is 2.02. The summed E-state index contributed by atoms with van der Waals surface area (Å²) in [5, 5.41) is 0.771. The van der Waals surface area contributed by atoms with E-state index < -0.39 is 11.7 Å². The number of hydrogen-bond donors (Lipinski definition) is 0. The molecule has 0 radical (unpaired) electrons. The molecule has 1 aliphatic rings. The highest BCUT2D eigenvalue weighted by Gasteiger charge is 2.31. The third-order valence-electron chi connectivity index (χ3n) is 4.29. The average Bonchev–Trinajstić information content (AvgIpc) is 2.86. The van der Waals surface area contributed by atoms with Crippen LogP contribution in [0.1, 0.15) is 22.3 Å². The minimum atomic E-state index is -4.41. The molecule has 1 aromatic heterocycles. The number of hydrogen-bond acceptors (Lipinski definition) is 3. The summed E-state index contributed by atoms with van der Waals surface area (Å²) in [6, 6.07) is 7.06. The number of carbonyl (C=O) groups is 1. The summed E-state index contributed by atoms with van der Waals surface area (Å²) in [4.78, 5) is 20.2. The second kappa shape index (κ2) is 7.94. The monoisotopic (exact) mass is 417 g/mol. The molecule has 2 heterocycles. The molecule has 1 amide bonds. The number of aromatic nitrogens is 1. The molecule has 1 fully saturated rings. The van der Waals surface area contributed by atoms with Crippen molar-refractivity contribution in [2.75, 3.05) is 31.1 Å². The standard InChI is InChI=1S/C18H16Cl2F3N3O/c19-14-8-12(9-15(20)10-14)17(27)26-5-1-4-25(6-7-26)16-3-2-13(11-24-16)18(21,22)23/h2-3,8-11H,1,4-7H2. The Morgan fingerprint density at radius 2 is 1.70 bits per heavy atom. The Morgan fingerprint density at radius 3 is 2.30 bits per heavy atom. The molecule has 0 saturated carbocycles. The van der Waals surface area contributed by atoms with Crippen molar-refractivity contribution in [3.63, 3.8) is 0 Å². The fourth-order valence-electron chi connectivity index (χ4n) is 2.95. The van der Waals surface area contributed by atoms with Crippen molar-refractivity contribution < 1.29 is 18.0 Å². The lowest BCUT2D eigenvalue weighted by Gasteiger charge is -2.23. The molecular formula is C18H16Cl2F3N3O. The molecule has 27 heavy (non-hydrogen) atoms. The van der Waals surface area contributed by atoms with Crippen LogP contribution in [-0.2, 0) is 6.18 Å². The normalized spacial score (nSPS) is 15.6. The summed E-state index contributed by atoms with van der Waals surface area (Å²) in [6.07, 6.45) is -2.91. The second-order valence-corrected chi connectivity index (χ2v) is 7.07. The van der Waals surface area contributed by atoms with Gasteiger partial charge in [0.15, 0.2) is 0 Å². The highest BCUT2D eigenvalue weighted by atomic mass is 35.5. The molecule has 3 rings (SSSR count). The van der Waals surface area contributed by atoms with Gasteiger partial charge in [-0.15, -0.1) is 0 Å². The van der Waals surface area contributed by atoms with E-state index in [1.165, 1.54) is 6.07 Å². The average molecular weight is 418 g/mol. The van der Waals surface area contributed by atoms with E-state index in [0.29, 0.717) is 54.0 Å². The van der Waals surface area contributed by atoms with Gasteiger partial charge in [0.2, 0.25) is 0 Å². The van der Waals surface area contributed by atoms with Crippen molar-refractivity contribution in [3.05, 3.63) is 57.7 Å². The van der Waals surface area contributed by atoms with Crippen LogP contribution in [0.5, 0.6) is 0 Å². The van der Waals surface area contributed by atoms with Gasteiger partial charge in [0.05, 0.1) is 5.56 Å². The quantitative estimate of drug-likeness (QED) is 0.706. The van der Waals surface area contributed by atoms with Gasteiger partial charge in [-0.25, -0.2) is 4.98 Å². The Kier molecular flexibility index (Phi) is 5.81. The molecule has 0 N–H and O–H groups in total. The first-order valence-corrected chi connectivity index (χ1v) is 9.03. The minimum Gasteiger partial charge on any atom is -0.355 e. The fourth-order valence-corrected chi connectivity index (χ4v) is 3.48. The van der Waals surface area contributed by atoms with E-state index in [4.69, 9.17) is 23.2 Å². The number of nitrogens with zero attached hydrogens (tertiary/aromatic N) is 3. The fraction of sp³-hybridized carbons (Fsp3) is 0.333. The number of carbonyl (C=O) groups excluding carboxylic acids is 1. The number of alkyl halides is 3. The van der Waals surface area contributed by atoms with Crippen molar-refractivity contribution in [3.8, 4) is 0 Å². The summed E-state index contributed by atoms with van der Waals surface area (Å²) >= 11 is 11.9. The number of anilines is 1. The molecule has 0 bridgehead atoms. The Balaban J connectivity index is 1.69. The Bertz CT molecular complexity index is 807. The molecular weight excluding hydrogens is 402 g/mol. The highest BCUT2D eigenvalue weighted by Crippen LogP contribution is 2.29. The smallest absolute Gasteiger partial charge is 0.355 e. The lowest BCUT2D eigenvalue weighted by atomic mass is 10.2. The molecule has 0 aliphatic carbocycles. The predicted molar refractivity (Wildman–Crippen MR) is 98.4 cm³/mol. The molecule has 1 aliphatic heterocycles. The van der Waals surface area contributed by atoms with Gasteiger partial charge < -0.3 is 9.80 Å². The Hall–Kier alpha value is -1.99. The van der Waals surface area contributed by atoms with Crippen LogP contribution in [0.25, 0.3) is 0 Å².